The number of aliphatic carboxylic acids is 1. The van der Waals surface area contributed by atoms with Crippen LogP contribution in [-0.4, -0.2) is 42.4 Å². The number of carboxylic acids is 1. The van der Waals surface area contributed by atoms with Crippen molar-refractivity contribution in [2.75, 3.05) is 14.1 Å². The molecule has 0 aliphatic heterocycles. The molecule has 0 bridgehead atoms. The van der Waals surface area contributed by atoms with Gasteiger partial charge in [0.25, 0.3) is 0 Å². The van der Waals surface area contributed by atoms with E-state index in [-0.39, 0.29) is 18.4 Å². The number of rotatable bonds is 8. The molecule has 0 radical (unpaired) electrons. The molecule has 2 atom stereocenters. The average molecular weight is 215 g/mol. The first kappa shape index (κ1) is 14.1. The Morgan fingerprint density at radius 3 is 2.40 bits per heavy atom. The monoisotopic (exact) mass is 215 g/mol. The van der Waals surface area contributed by atoms with E-state index in [2.05, 4.69) is 0 Å². The molecule has 4 heteroatoms. The molecule has 15 heavy (non-hydrogen) atoms. The summed E-state index contributed by atoms with van der Waals surface area (Å²) in [5, 5.41) is 8.48. The zero-order chi connectivity index (χ0) is 11.8. The van der Waals surface area contributed by atoms with Crippen molar-refractivity contribution in [1.82, 2.24) is 4.90 Å². The Morgan fingerprint density at radius 2 is 2.00 bits per heavy atom. The van der Waals surface area contributed by atoms with Gasteiger partial charge in [-0.3, -0.25) is 4.79 Å². The van der Waals surface area contributed by atoms with Crippen LogP contribution < -0.4 is 0 Å². The van der Waals surface area contributed by atoms with E-state index >= 15 is 0 Å². The van der Waals surface area contributed by atoms with E-state index in [1.807, 2.05) is 25.9 Å². The normalized spacial score (nSPS) is 14.9. The standard InChI is InChI=1S/C11H21NO3/c1-9(8-13)10(12(2)3)6-4-5-7-11(14)15/h8-10H,4-7H2,1-3H3,(H,14,15). The number of hydrogen-bond donors (Lipinski definition) is 1. The van der Waals surface area contributed by atoms with Gasteiger partial charge in [0.05, 0.1) is 0 Å². The van der Waals surface area contributed by atoms with Gasteiger partial charge in [0, 0.05) is 18.4 Å². The molecule has 0 fully saturated rings. The number of hydrogen-bond acceptors (Lipinski definition) is 3. The molecule has 0 rings (SSSR count). The van der Waals surface area contributed by atoms with Crippen molar-refractivity contribution in [3.8, 4) is 0 Å². The molecule has 0 saturated carbocycles. The summed E-state index contributed by atoms with van der Waals surface area (Å²) in [6.07, 6.45) is 3.59. The van der Waals surface area contributed by atoms with E-state index in [9.17, 15) is 9.59 Å². The van der Waals surface area contributed by atoms with Crippen LogP contribution in [0.3, 0.4) is 0 Å². The van der Waals surface area contributed by atoms with E-state index in [0.717, 1.165) is 19.1 Å². The van der Waals surface area contributed by atoms with E-state index in [4.69, 9.17) is 5.11 Å². The van der Waals surface area contributed by atoms with E-state index in [1.165, 1.54) is 0 Å². The summed E-state index contributed by atoms with van der Waals surface area (Å²) < 4.78 is 0. The van der Waals surface area contributed by atoms with Crippen molar-refractivity contribution in [3.05, 3.63) is 0 Å². The van der Waals surface area contributed by atoms with Gasteiger partial charge in [-0.05, 0) is 26.9 Å². The fourth-order valence-corrected chi connectivity index (χ4v) is 1.71. The number of nitrogens with zero attached hydrogens (tertiary/aromatic N) is 1. The Hall–Kier alpha value is -0.900. The molecule has 4 nitrogen and oxygen atoms in total. The van der Waals surface area contributed by atoms with E-state index in [0.29, 0.717) is 6.42 Å². The van der Waals surface area contributed by atoms with E-state index in [1.54, 1.807) is 0 Å². The lowest BCUT2D eigenvalue weighted by atomic mass is 9.96. The number of aldehydes is 1. The first-order valence-electron chi connectivity index (χ1n) is 5.32. The van der Waals surface area contributed by atoms with Gasteiger partial charge in [-0.15, -0.1) is 0 Å². The van der Waals surface area contributed by atoms with Crippen LogP contribution in [0.25, 0.3) is 0 Å². The van der Waals surface area contributed by atoms with Gasteiger partial charge in [0.1, 0.15) is 6.29 Å². The van der Waals surface area contributed by atoms with Crippen molar-refractivity contribution in [3.63, 3.8) is 0 Å². The molecular weight excluding hydrogens is 194 g/mol. The van der Waals surface area contributed by atoms with Crippen molar-refractivity contribution in [1.29, 1.82) is 0 Å². The van der Waals surface area contributed by atoms with Crippen LogP contribution in [0.15, 0.2) is 0 Å². The minimum absolute atomic E-state index is 0.00447. The zero-order valence-corrected chi connectivity index (χ0v) is 9.77. The molecule has 0 spiro atoms. The van der Waals surface area contributed by atoms with Crippen LogP contribution in [0, 0.1) is 5.92 Å². The summed E-state index contributed by atoms with van der Waals surface area (Å²) >= 11 is 0. The molecular formula is C11H21NO3. The molecule has 0 aromatic rings. The number of carbonyl (C=O) groups is 2. The Morgan fingerprint density at radius 1 is 1.40 bits per heavy atom. The van der Waals surface area contributed by atoms with Crippen LogP contribution >= 0.6 is 0 Å². The van der Waals surface area contributed by atoms with Crippen molar-refractivity contribution in [2.45, 2.75) is 38.6 Å². The summed E-state index contributed by atoms with van der Waals surface area (Å²) in [6.45, 7) is 1.90. The smallest absolute Gasteiger partial charge is 0.303 e. The molecule has 0 saturated heterocycles. The maximum atomic E-state index is 10.7. The Labute approximate surface area is 91.3 Å². The lowest BCUT2D eigenvalue weighted by Crippen LogP contribution is -2.34. The zero-order valence-electron chi connectivity index (χ0n) is 9.77. The van der Waals surface area contributed by atoms with Crippen LogP contribution in [0.5, 0.6) is 0 Å². The number of unbranched alkanes of at least 4 members (excludes halogenated alkanes) is 1. The highest BCUT2D eigenvalue weighted by Gasteiger charge is 2.18. The van der Waals surface area contributed by atoms with Gasteiger partial charge in [0.2, 0.25) is 0 Å². The summed E-state index contributed by atoms with van der Waals surface area (Å²) in [6, 6.07) is 0.219. The SMILES string of the molecule is CC(C=O)C(CCCCC(=O)O)N(C)C. The molecule has 0 aromatic carbocycles. The summed E-state index contributed by atoms with van der Waals surface area (Å²) in [4.78, 5) is 23.0. The van der Waals surface area contributed by atoms with Crippen molar-refractivity contribution in [2.24, 2.45) is 5.92 Å². The fourth-order valence-electron chi connectivity index (χ4n) is 1.71. The Kier molecular flexibility index (Phi) is 6.96. The lowest BCUT2D eigenvalue weighted by molar-refractivity contribution is -0.137. The molecule has 1 N–H and O–H groups in total. The Bertz CT molecular complexity index is 204. The predicted octanol–water partition coefficient (Wildman–Crippen LogP) is 1.40. The topological polar surface area (TPSA) is 57.6 Å². The molecule has 0 aliphatic carbocycles. The molecule has 0 amide bonds. The van der Waals surface area contributed by atoms with E-state index < -0.39 is 5.97 Å². The third-order valence-corrected chi connectivity index (χ3v) is 2.63. The third-order valence-electron chi connectivity index (χ3n) is 2.63. The minimum Gasteiger partial charge on any atom is -0.481 e. The van der Waals surface area contributed by atoms with Crippen LogP contribution in [0.1, 0.15) is 32.6 Å². The predicted molar refractivity (Wildman–Crippen MR) is 58.8 cm³/mol. The third kappa shape index (κ3) is 6.23. The summed E-state index contributed by atoms with van der Waals surface area (Å²) in [5.41, 5.74) is 0. The van der Waals surface area contributed by atoms with Gasteiger partial charge >= 0.3 is 5.97 Å². The number of carbonyl (C=O) groups excluding carboxylic acids is 1. The largest absolute Gasteiger partial charge is 0.481 e. The number of carboxylic acid groups (broad SMARTS) is 1. The second kappa shape index (κ2) is 7.40. The second-order valence-electron chi connectivity index (χ2n) is 4.17. The maximum absolute atomic E-state index is 10.7. The quantitative estimate of drug-likeness (QED) is 0.491. The van der Waals surface area contributed by atoms with Crippen molar-refractivity contribution < 1.29 is 14.7 Å². The average Bonchev–Trinajstić information content (AvgIpc) is 2.15. The van der Waals surface area contributed by atoms with Gasteiger partial charge in [-0.25, -0.2) is 0 Å². The van der Waals surface area contributed by atoms with Crippen LogP contribution in [0.4, 0.5) is 0 Å². The molecule has 0 aliphatic rings. The Balaban J connectivity index is 3.86. The van der Waals surface area contributed by atoms with Gasteiger partial charge in [-0.2, -0.15) is 0 Å². The second-order valence-corrected chi connectivity index (χ2v) is 4.17. The highest BCUT2D eigenvalue weighted by Crippen LogP contribution is 2.14. The van der Waals surface area contributed by atoms with Crippen LogP contribution in [0.2, 0.25) is 0 Å². The first-order valence-corrected chi connectivity index (χ1v) is 5.32. The molecule has 0 heterocycles. The molecule has 2 unspecified atom stereocenters. The highest BCUT2D eigenvalue weighted by molar-refractivity contribution is 5.66. The van der Waals surface area contributed by atoms with Gasteiger partial charge < -0.3 is 14.8 Å². The van der Waals surface area contributed by atoms with Crippen LogP contribution in [-0.2, 0) is 9.59 Å². The van der Waals surface area contributed by atoms with Gasteiger partial charge in [-0.1, -0.05) is 13.3 Å². The summed E-state index contributed by atoms with van der Waals surface area (Å²) in [5.74, 6) is -0.746. The highest BCUT2D eigenvalue weighted by atomic mass is 16.4. The minimum atomic E-state index is -0.750. The maximum Gasteiger partial charge on any atom is 0.303 e. The lowest BCUT2D eigenvalue weighted by Gasteiger charge is -2.26. The van der Waals surface area contributed by atoms with Crippen molar-refractivity contribution >= 4 is 12.3 Å². The fraction of sp³-hybridized carbons (Fsp3) is 0.818. The molecule has 88 valence electrons. The molecule has 0 aromatic heterocycles. The summed E-state index contributed by atoms with van der Waals surface area (Å²) in [7, 11) is 3.89. The van der Waals surface area contributed by atoms with Gasteiger partial charge in [0.15, 0.2) is 0 Å². The first-order chi connectivity index (χ1) is 6.99.